The van der Waals surface area contributed by atoms with Crippen molar-refractivity contribution in [1.82, 2.24) is 14.7 Å². The number of methoxy groups -OCH3 is 2. The number of hydrogen-bond acceptors (Lipinski definition) is 4. The first-order valence-electron chi connectivity index (χ1n) is 8.84. The van der Waals surface area contributed by atoms with Crippen molar-refractivity contribution >= 4 is 12.0 Å². The fraction of sp³-hybridized carbons (Fsp3) is 0.182. The van der Waals surface area contributed by atoms with Gasteiger partial charge in [-0.3, -0.25) is 4.79 Å². The molecule has 0 spiro atoms. The predicted molar refractivity (Wildman–Crippen MR) is 109 cm³/mol. The van der Waals surface area contributed by atoms with Crippen molar-refractivity contribution in [3.63, 3.8) is 0 Å². The molecule has 6 heteroatoms. The van der Waals surface area contributed by atoms with Crippen LogP contribution in [0.2, 0.25) is 0 Å². The molecule has 6 nitrogen and oxygen atoms in total. The lowest BCUT2D eigenvalue weighted by atomic mass is 10.2. The molecular formula is C22H23N3O3. The van der Waals surface area contributed by atoms with Crippen LogP contribution in [0.5, 0.6) is 11.5 Å². The van der Waals surface area contributed by atoms with E-state index in [0.29, 0.717) is 18.0 Å². The molecule has 0 aliphatic carbocycles. The number of hydrogen-bond donors (Lipinski definition) is 0. The van der Waals surface area contributed by atoms with Gasteiger partial charge in [0.1, 0.15) is 11.5 Å². The summed E-state index contributed by atoms with van der Waals surface area (Å²) in [4.78, 5) is 14.1. The molecule has 0 N–H and O–H groups in total. The summed E-state index contributed by atoms with van der Waals surface area (Å²) in [6, 6.07) is 15.3. The Bertz CT molecular complexity index is 942. The highest BCUT2D eigenvalue weighted by Crippen LogP contribution is 2.23. The van der Waals surface area contributed by atoms with Crippen LogP contribution >= 0.6 is 0 Å². The molecule has 0 saturated carbocycles. The summed E-state index contributed by atoms with van der Waals surface area (Å²) in [5.74, 6) is 1.25. The number of para-hydroxylation sites is 1. The predicted octanol–water partition coefficient (Wildman–Crippen LogP) is 3.56. The molecule has 0 bridgehead atoms. The van der Waals surface area contributed by atoms with E-state index in [4.69, 9.17) is 9.47 Å². The van der Waals surface area contributed by atoms with E-state index in [1.165, 1.54) is 6.08 Å². The summed E-state index contributed by atoms with van der Waals surface area (Å²) in [7, 11) is 4.95. The second kappa shape index (κ2) is 8.90. The van der Waals surface area contributed by atoms with Crippen molar-refractivity contribution < 1.29 is 14.3 Å². The van der Waals surface area contributed by atoms with Crippen LogP contribution in [0.1, 0.15) is 11.1 Å². The Balaban J connectivity index is 1.65. The highest BCUT2D eigenvalue weighted by atomic mass is 16.5. The molecule has 1 aromatic heterocycles. The minimum absolute atomic E-state index is 0.103. The second-order valence-electron chi connectivity index (χ2n) is 6.30. The lowest BCUT2D eigenvalue weighted by molar-refractivity contribution is -0.125. The van der Waals surface area contributed by atoms with Gasteiger partial charge >= 0.3 is 0 Å². The van der Waals surface area contributed by atoms with E-state index in [1.807, 2.05) is 48.7 Å². The van der Waals surface area contributed by atoms with Gasteiger partial charge in [0.15, 0.2) is 0 Å². The summed E-state index contributed by atoms with van der Waals surface area (Å²) in [6.07, 6.45) is 6.98. The Morgan fingerprint density at radius 3 is 2.43 bits per heavy atom. The normalized spacial score (nSPS) is 10.8. The first-order chi connectivity index (χ1) is 13.6. The molecule has 0 fully saturated rings. The van der Waals surface area contributed by atoms with Gasteiger partial charge in [-0.1, -0.05) is 18.2 Å². The van der Waals surface area contributed by atoms with Crippen LogP contribution in [0.3, 0.4) is 0 Å². The van der Waals surface area contributed by atoms with Crippen molar-refractivity contribution in [2.75, 3.05) is 21.3 Å². The number of amides is 1. The summed E-state index contributed by atoms with van der Waals surface area (Å²) in [6.45, 7) is 0.470. The number of nitrogens with zero attached hydrogens (tertiary/aromatic N) is 3. The van der Waals surface area contributed by atoms with Crippen molar-refractivity contribution in [2.24, 2.45) is 0 Å². The molecule has 0 radical (unpaired) electrons. The number of ether oxygens (including phenoxy) is 2. The average molecular weight is 377 g/mol. The van der Waals surface area contributed by atoms with Crippen LogP contribution in [0, 0.1) is 0 Å². The number of aromatic nitrogens is 2. The SMILES string of the molecule is COc1cc(/C=C/C(=O)N(C)Cc2cnn(-c3ccccc3)c2)cc(OC)c1. The minimum Gasteiger partial charge on any atom is -0.497 e. The van der Waals surface area contributed by atoms with Crippen LogP contribution in [-0.4, -0.2) is 41.9 Å². The highest BCUT2D eigenvalue weighted by Gasteiger charge is 2.09. The molecule has 2 aromatic carbocycles. The van der Waals surface area contributed by atoms with E-state index in [0.717, 1.165) is 16.8 Å². The molecule has 0 unspecified atom stereocenters. The van der Waals surface area contributed by atoms with Gasteiger partial charge in [-0.05, 0) is 35.9 Å². The third-order valence-electron chi connectivity index (χ3n) is 4.24. The molecule has 28 heavy (non-hydrogen) atoms. The highest BCUT2D eigenvalue weighted by molar-refractivity contribution is 5.91. The maximum Gasteiger partial charge on any atom is 0.246 e. The molecule has 0 saturated heterocycles. The largest absolute Gasteiger partial charge is 0.497 e. The van der Waals surface area contributed by atoms with E-state index >= 15 is 0 Å². The van der Waals surface area contributed by atoms with Crippen LogP contribution in [0.25, 0.3) is 11.8 Å². The maximum absolute atomic E-state index is 12.5. The van der Waals surface area contributed by atoms with Crippen molar-refractivity contribution in [1.29, 1.82) is 0 Å². The molecule has 0 aliphatic rings. The molecule has 3 aromatic rings. The zero-order chi connectivity index (χ0) is 19.9. The molecule has 3 rings (SSSR count). The summed E-state index contributed by atoms with van der Waals surface area (Å²) in [5.41, 5.74) is 2.76. The summed E-state index contributed by atoms with van der Waals surface area (Å²) >= 11 is 0. The van der Waals surface area contributed by atoms with Crippen LogP contribution in [0.4, 0.5) is 0 Å². The zero-order valence-corrected chi connectivity index (χ0v) is 16.2. The Labute approximate surface area is 164 Å². The van der Waals surface area contributed by atoms with Crippen molar-refractivity contribution in [3.05, 3.63) is 78.1 Å². The van der Waals surface area contributed by atoms with E-state index < -0.39 is 0 Å². The zero-order valence-electron chi connectivity index (χ0n) is 16.2. The molecular weight excluding hydrogens is 354 g/mol. The monoisotopic (exact) mass is 377 g/mol. The fourth-order valence-corrected chi connectivity index (χ4v) is 2.74. The smallest absolute Gasteiger partial charge is 0.246 e. The van der Waals surface area contributed by atoms with Gasteiger partial charge in [-0.25, -0.2) is 4.68 Å². The first kappa shape index (κ1) is 19.2. The Morgan fingerprint density at radius 1 is 1.11 bits per heavy atom. The van der Waals surface area contributed by atoms with Gasteiger partial charge in [-0.15, -0.1) is 0 Å². The molecule has 1 heterocycles. The molecule has 0 aliphatic heterocycles. The quantitative estimate of drug-likeness (QED) is 0.591. The Hall–Kier alpha value is -3.54. The molecule has 144 valence electrons. The van der Waals surface area contributed by atoms with Gasteiger partial charge in [0.05, 0.1) is 26.1 Å². The van der Waals surface area contributed by atoms with Crippen LogP contribution in [0.15, 0.2) is 67.0 Å². The van der Waals surface area contributed by atoms with Crippen LogP contribution in [-0.2, 0) is 11.3 Å². The average Bonchev–Trinajstić information content (AvgIpc) is 3.20. The molecule has 0 atom stereocenters. The minimum atomic E-state index is -0.103. The summed E-state index contributed by atoms with van der Waals surface area (Å²) in [5, 5.41) is 4.36. The van der Waals surface area contributed by atoms with E-state index in [9.17, 15) is 4.79 Å². The Kier molecular flexibility index (Phi) is 6.11. The lowest BCUT2D eigenvalue weighted by Crippen LogP contribution is -2.23. The van der Waals surface area contributed by atoms with Gasteiger partial charge in [0.25, 0.3) is 0 Å². The third kappa shape index (κ3) is 4.79. The van der Waals surface area contributed by atoms with Gasteiger partial charge < -0.3 is 14.4 Å². The fourth-order valence-electron chi connectivity index (χ4n) is 2.74. The maximum atomic E-state index is 12.5. The topological polar surface area (TPSA) is 56.6 Å². The molecule has 1 amide bonds. The number of carbonyl (C=O) groups is 1. The van der Waals surface area contributed by atoms with Crippen molar-refractivity contribution in [3.8, 4) is 17.2 Å². The van der Waals surface area contributed by atoms with Crippen molar-refractivity contribution in [2.45, 2.75) is 6.54 Å². The number of rotatable bonds is 7. The first-order valence-corrected chi connectivity index (χ1v) is 8.84. The van der Waals surface area contributed by atoms with E-state index in [-0.39, 0.29) is 5.91 Å². The van der Waals surface area contributed by atoms with Crippen LogP contribution < -0.4 is 9.47 Å². The summed E-state index contributed by atoms with van der Waals surface area (Å²) < 4.78 is 12.3. The standard InChI is InChI=1S/C22H23N3O3/c1-24(15-18-14-23-25(16-18)19-7-5-4-6-8-19)22(26)10-9-17-11-20(27-2)13-21(12-17)28-3/h4-14,16H,15H2,1-3H3/b10-9+. The van der Waals surface area contributed by atoms with E-state index in [1.54, 1.807) is 49.2 Å². The van der Waals surface area contributed by atoms with Gasteiger partial charge in [0, 0.05) is 37.5 Å². The van der Waals surface area contributed by atoms with E-state index in [2.05, 4.69) is 5.10 Å². The number of likely N-dealkylation sites (N-methyl/N-ethyl adjacent to an activating group) is 1. The second-order valence-corrected chi connectivity index (χ2v) is 6.30. The third-order valence-corrected chi connectivity index (χ3v) is 4.24. The Morgan fingerprint density at radius 2 is 1.79 bits per heavy atom. The number of carbonyl (C=O) groups excluding carboxylic acids is 1. The van der Waals surface area contributed by atoms with Gasteiger partial charge in [-0.2, -0.15) is 5.10 Å². The number of benzene rings is 2. The lowest BCUT2D eigenvalue weighted by Gasteiger charge is -2.13. The van der Waals surface area contributed by atoms with Gasteiger partial charge in [0.2, 0.25) is 5.91 Å².